The van der Waals surface area contributed by atoms with E-state index < -0.39 is 35.0 Å². The number of aliphatic hydroxyl groups excluding tert-OH is 2. The van der Waals surface area contributed by atoms with Crippen LogP contribution in [0.1, 0.15) is 18.5 Å². The van der Waals surface area contributed by atoms with E-state index in [4.69, 9.17) is 9.47 Å². The Balaban J connectivity index is 2.02. The number of methoxy groups -OCH3 is 1. The van der Waals surface area contributed by atoms with Gasteiger partial charge in [-0.15, -0.1) is 0 Å². The highest BCUT2D eigenvalue weighted by Gasteiger charge is 2.40. The maximum absolute atomic E-state index is 12.2. The van der Waals surface area contributed by atoms with E-state index in [1.165, 1.54) is 11.7 Å². The molecule has 10 heteroatoms. The molecule has 0 amide bonds. The van der Waals surface area contributed by atoms with E-state index in [-0.39, 0.29) is 23.4 Å². The minimum atomic E-state index is -0.999. The summed E-state index contributed by atoms with van der Waals surface area (Å²) >= 11 is 0.746. The van der Waals surface area contributed by atoms with Crippen LogP contribution in [0, 0.1) is 6.92 Å². The summed E-state index contributed by atoms with van der Waals surface area (Å²) in [5.74, 6) is 0.359. The van der Waals surface area contributed by atoms with Crippen molar-refractivity contribution in [2.75, 3.05) is 13.7 Å². The molecular formula is C13H17N3O6S. The maximum Gasteiger partial charge on any atom is 0.311 e. The zero-order chi connectivity index (χ0) is 16.7. The van der Waals surface area contributed by atoms with Crippen LogP contribution in [0.15, 0.2) is 9.59 Å². The molecule has 4 unspecified atom stereocenters. The lowest BCUT2D eigenvalue weighted by Gasteiger charge is -2.19. The van der Waals surface area contributed by atoms with E-state index in [0.717, 1.165) is 11.3 Å². The van der Waals surface area contributed by atoms with Gasteiger partial charge in [0.25, 0.3) is 5.56 Å². The molecular weight excluding hydrogens is 326 g/mol. The van der Waals surface area contributed by atoms with Crippen LogP contribution in [0.5, 0.6) is 0 Å². The van der Waals surface area contributed by atoms with E-state index in [9.17, 15) is 19.8 Å². The van der Waals surface area contributed by atoms with Crippen molar-refractivity contribution in [1.82, 2.24) is 14.5 Å². The Bertz CT molecular complexity index is 827. The lowest BCUT2D eigenvalue weighted by Crippen LogP contribution is -2.31. The van der Waals surface area contributed by atoms with E-state index in [2.05, 4.69) is 9.97 Å². The lowest BCUT2D eigenvalue weighted by atomic mass is 10.1. The third-order valence-corrected chi connectivity index (χ3v) is 4.67. The van der Waals surface area contributed by atoms with Crippen molar-refractivity contribution >= 4 is 21.7 Å². The largest absolute Gasteiger partial charge is 0.388 e. The molecule has 0 bridgehead atoms. The Kier molecular flexibility index (Phi) is 4.34. The number of aliphatic hydroxyl groups is 2. The second-order valence-corrected chi connectivity index (χ2v) is 6.39. The first-order valence-electron chi connectivity index (χ1n) is 7.05. The van der Waals surface area contributed by atoms with Gasteiger partial charge in [0.2, 0.25) is 0 Å². The summed E-state index contributed by atoms with van der Waals surface area (Å²) in [5, 5.41) is 20.2. The number of aryl methyl sites for hydroxylation is 1. The molecule has 1 saturated heterocycles. The number of hydrogen-bond acceptors (Lipinski definition) is 8. The summed E-state index contributed by atoms with van der Waals surface area (Å²) in [6.07, 6.45) is -3.43. The zero-order valence-electron chi connectivity index (χ0n) is 12.6. The first-order valence-corrected chi connectivity index (χ1v) is 7.86. The number of thiazole rings is 1. The first kappa shape index (κ1) is 16.3. The van der Waals surface area contributed by atoms with Crippen molar-refractivity contribution in [3.05, 3.63) is 25.8 Å². The number of H-pyrrole nitrogens is 1. The minimum absolute atomic E-state index is 0.0560. The number of hydrogen-bond donors (Lipinski definition) is 3. The van der Waals surface area contributed by atoms with Gasteiger partial charge in [0, 0.05) is 13.5 Å². The zero-order valence-corrected chi connectivity index (χ0v) is 13.4. The van der Waals surface area contributed by atoms with E-state index in [1.807, 2.05) is 0 Å². The van der Waals surface area contributed by atoms with Crippen LogP contribution in [0.2, 0.25) is 0 Å². The van der Waals surface area contributed by atoms with Crippen LogP contribution in [-0.4, -0.2) is 56.8 Å². The normalized spacial score (nSPS) is 26.0. The smallest absolute Gasteiger partial charge is 0.311 e. The van der Waals surface area contributed by atoms with Crippen molar-refractivity contribution in [1.29, 1.82) is 0 Å². The monoisotopic (exact) mass is 343 g/mol. The van der Waals surface area contributed by atoms with Crippen LogP contribution >= 0.6 is 11.3 Å². The molecule has 0 aliphatic carbocycles. The van der Waals surface area contributed by atoms with Crippen molar-refractivity contribution in [2.24, 2.45) is 0 Å². The van der Waals surface area contributed by atoms with Gasteiger partial charge in [-0.2, -0.15) is 0 Å². The van der Waals surface area contributed by atoms with Crippen LogP contribution in [-0.2, 0) is 9.47 Å². The molecule has 1 aliphatic heterocycles. The standard InChI is InChI=1S/C13H17N3O6S/c1-5-14-10-9(11(19)15-5)23-13(20)16(10)12-6(17)3-8(22-12)7(18)4-21-2/h6-8,12,17-18H,3-4H2,1-2H3,(H,14,15,19). The number of nitrogens with zero attached hydrogens (tertiary/aromatic N) is 2. The van der Waals surface area contributed by atoms with E-state index in [0.29, 0.717) is 5.82 Å². The predicted octanol–water partition coefficient (Wildman–Crippen LogP) is -0.890. The summed E-state index contributed by atoms with van der Waals surface area (Å²) in [6.45, 7) is 1.66. The van der Waals surface area contributed by atoms with Crippen LogP contribution in [0.3, 0.4) is 0 Å². The fourth-order valence-corrected chi connectivity index (χ4v) is 3.54. The number of aromatic nitrogens is 3. The molecule has 3 heterocycles. The quantitative estimate of drug-likeness (QED) is 0.657. The van der Waals surface area contributed by atoms with Gasteiger partial charge in [-0.1, -0.05) is 11.3 Å². The first-order chi connectivity index (χ1) is 10.9. The van der Waals surface area contributed by atoms with Crippen molar-refractivity contribution < 1.29 is 19.7 Å². The predicted molar refractivity (Wildman–Crippen MR) is 81.7 cm³/mol. The topological polar surface area (TPSA) is 127 Å². The Labute approximate surface area is 134 Å². The molecule has 9 nitrogen and oxygen atoms in total. The third-order valence-electron chi connectivity index (χ3n) is 3.73. The fraction of sp³-hybridized carbons (Fsp3) is 0.615. The highest BCUT2D eigenvalue weighted by molar-refractivity contribution is 7.16. The highest BCUT2D eigenvalue weighted by atomic mass is 32.1. The van der Waals surface area contributed by atoms with Crippen LogP contribution in [0.25, 0.3) is 10.3 Å². The summed E-state index contributed by atoms with van der Waals surface area (Å²) in [6, 6.07) is 0. The molecule has 1 fully saturated rings. The average Bonchev–Trinajstić information content (AvgIpc) is 2.99. The number of aromatic amines is 1. The second kappa shape index (κ2) is 6.13. The summed E-state index contributed by atoms with van der Waals surface area (Å²) in [4.78, 5) is 30.4. The van der Waals surface area contributed by atoms with Gasteiger partial charge in [0.15, 0.2) is 11.9 Å². The molecule has 2 aromatic heterocycles. The summed E-state index contributed by atoms with van der Waals surface area (Å²) in [7, 11) is 1.45. The molecule has 2 aromatic rings. The van der Waals surface area contributed by atoms with Crippen LogP contribution < -0.4 is 10.4 Å². The summed E-state index contributed by atoms with van der Waals surface area (Å²) in [5.41, 5.74) is -0.232. The number of nitrogens with one attached hydrogen (secondary N) is 1. The number of ether oxygens (including phenoxy) is 2. The van der Waals surface area contributed by atoms with E-state index >= 15 is 0 Å². The van der Waals surface area contributed by atoms with Gasteiger partial charge in [0.05, 0.1) is 12.7 Å². The molecule has 4 atom stereocenters. The fourth-order valence-electron chi connectivity index (χ4n) is 2.70. The molecule has 1 aliphatic rings. The van der Waals surface area contributed by atoms with Crippen LogP contribution in [0.4, 0.5) is 0 Å². The van der Waals surface area contributed by atoms with Gasteiger partial charge in [0.1, 0.15) is 22.7 Å². The average molecular weight is 343 g/mol. The molecule has 0 aromatic carbocycles. The Morgan fingerprint density at radius 2 is 2.30 bits per heavy atom. The third kappa shape index (κ3) is 2.83. The Hall–Kier alpha value is -1.59. The number of fused-ring (bicyclic) bond motifs is 1. The van der Waals surface area contributed by atoms with E-state index in [1.54, 1.807) is 6.92 Å². The Morgan fingerprint density at radius 3 is 3.00 bits per heavy atom. The second-order valence-electron chi connectivity index (χ2n) is 5.43. The van der Waals surface area contributed by atoms with Crippen molar-refractivity contribution in [3.63, 3.8) is 0 Å². The minimum Gasteiger partial charge on any atom is -0.388 e. The van der Waals surface area contributed by atoms with Crippen molar-refractivity contribution in [2.45, 2.75) is 37.9 Å². The molecule has 0 radical (unpaired) electrons. The summed E-state index contributed by atoms with van der Waals surface area (Å²) < 4.78 is 11.9. The molecule has 0 spiro atoms. The van der Waals surface area contributed by atoms with Crippen molar-refractivity contribution in [3.8, 4) is 0 Å². The number of rotatable bonds is 4. The highest BCUT2D eigenvalue weighted by Crippen LogP contribution is 2.32. The molecule has 3 N–H and O–H groups in total. The maximum atomic E-state index is 12.2. The Morgan fingerprint density at radius 1 is 1.57 bits per heavy atom. The molecule has 3 rings (SSSR count). The SMILES string of the molecule is COCC(O)C1CC(O)C(n2c(=O)sc3c(=O)[nH]c(C)nc32)O1. The van der Waals surface area contributed by atoms with Gasteiger partial charge in [-0.3, -0.25) is 14.2 Å². The molecule has 23 heavy (non-hydrogen) atoms. The van der Waals surface area contributed by atoms with Gasteiger partial charge in [-0.25, -0.2) is 4.98 Å². The van der Waals surface area contributed by atoms with Gasteiger partial charge in [-0.05, 0) is 6.92 Å². The van der Waals surface area contributed by atoms with Gasteiger partial charge >= 0.3 is 4.87 Å². The lowest BCUT2D eigenvalue weighted by molar-refractivity contribution is -0.0896. The molecule has 0 saturated carbocycles. The molecule has 126 valence electrons. The van der Waals surface area contributed by atoms with Gasteiger partial charge < -0.3 is 24.7 Å².